The average molecular weight is 368 g/mol. The van der Waals surface area contributed by atoms with Crippen LogP contribution >= 0.6 is 0 Å². The van der Waals surface area contributed by atoms with Crippen LogP contribution in [0.5, 0.6) is 11.5 Å². The van der Waals surface area contributed by atoms with E-state index in [1.54, 1.807) is 6.92 Å². The fourth-order valence-electron chi connectivity index (χ4n) is 2.74. The van der Waals surface area contributed by atoms with E-state index in [9.17, 15) is 22.4 Å². The SMILES string of the molecule is CCOC(=O)c1ccc(Oc2ccc(C3(C(F)(F)F)CC3)cc2F)cc1. The Balaban J connectivity index is 1.76. The van der Waals surface area contributed by atoms with Crippen molar-refractivity contribution in [1.29, 1.82) is 0 Å². The summed E-state index contributed by atoms with van der Waals surface area (Å²) < 4.78 is 63.8. The average Bonchev–Trinajstić information content (AvgIpc) is 3.39. The maximum absolute atomic E-state index is 14.2. The van der Waals surface area contributed by atoms with Gasteiger partial charge in [0.05, 0.1) is 17.6 Å². The summed E-state index contributed by atoms with van der Waals surface area (Å²) in [7, 11) is 0. The molecule has 0 heterocycles. The van der Waals surface area contributed by atoms with Gasteiger partial charge in [0.25, 0.3) is 0 Å². The van der Waals surface area contributed by atoms with E-state index in [2.05, 4.69) is 0 Å². The van der Waals surface area contributed by atoms with Crippen LogP contribution in [-0.4, -0.2) is 18.8 Å². The van der Waals surface area contributed by atoms with Gasteiger partial charge in [0, 0.05) is 0 Å². The van der Waals surface area contributed by atoms with Crippen molar-refractivity contribution >= 4 is 5.97 Å². The third-order valence-corrected chi connectivity index (χ3v) is 4.37. The number of hydrogen-bond acceptors (Lipinski definition) is 3. The molecule has 3 nitrogen and oxygen atoms in total. The Morgan fingerprint density at radius 2 is 1.77 bits per heavy atom. The van der Waals surface area contributed by atoms with Crippen LogP contribution in [0.1, 0.15) is 35.7 Å². The molecule has 0 atom stereocenters. The van der Waals surface area contributed by atoms with E-state index in [1.807, 2.05) is 0 Å². The van der Waals surface area contributed by atoms with E-state index < -0.39 is 23.4 Å². The van der Waals surface area contributed by atoms with Crippen molar-refractivity contribution in [2.24, 2.45) is 0 Å². The molecule has 1 aliphatic carbocycles. The predicted octanol–water partition coefficient (Wildman–Crippen LogP) is 5.39. The maximum Gasteiger partial charge on any atom is 0.398 e. The van der Waals surface area contributed by atoms with Gasteiger partial charge in [-0.1, -0.05) is 6.07 Å². The fraction of sp³-hybridized carbons (Fsp3) is 0.316. The zero-order chi connectivity index (χ0) is 18.9. The molecule has 1 saturated carbocycles. The van der Waals surface area contributed by atoms with Gasteiger partial charge in [0.2, 0.25) is 0 Å². The lowest BCUT2D eigenvalue weighted by Crippen LogP contribution is -2.28. The highest BCUT2D eigenvalue weighted by Gasteiger charge is 2.64. The van der Waals surface area contributed by atoms with Crippen molar-refractivity contribution in [2.45, 2.75) is 31.4 Å². The van der Waals surface area contributed by atoms with Crippen LogP contribution in [0.25, 0.3) is 0 Å². The number of rotatable bonds is 5. The summed E-state index contributed by atoms with van der Waals surface area (Å²) in [5, 5.41) is 0. The maximum atomic E-state index is 14.2. The van der Waals surface area contributed by atoms with Crippen LogP contribution in [0.3, 0.4) is 0 Å². The Bertz CT molecular complexity index is 809. The molecule has 3 rings (SSSR count). The highest BCUT2D eigenvalue weighted by atomic mass is 19.4. The molecule has 26 heavy (non-hydrogen) atoms. The van der Waals surface area contributed by atoms with Crippen molar-refractivity contribution in [3.8, 4) is 11.5 Å². The number of carbonyl (C=O) groups excluding carboxylic acids is 1. The van der Waals surface area contributed by atoms with Crippen LogP contribution in [0.2, 0.25) is 0 Å². The molecule has 0 N–H and O–H groups in total. The minimum absolute atomic E-state index is 0.0362. The van der Waals surface area contributed by atoms with Crippen LogP contribution in [0.4, 0.5) is 17.6 Å². The molecule has 0 spiro atoms. The van der Waals surface area contributed by atoms with Gasteiger partial charge < -0.3 is 9.47 Å². The molecule has 0 amide bonds. The second-order valence-electron chi connectivity index (χ2n) is 6.07. The summed E-state index contributed by atoms with van der Waals surface area (Å²) in [5.41, 5.74) is -1.71. The monoisotopic (exact) mass is 368 g/mol. The van der Waals surface area contributed by atoms with E-state index in [0.29, 0.717) is 5.56 Å². The number of hydrogen-bond donors (Lipinski definition) is 0. The molecular weight excluding hydrogens is 352 g/mol. The highest BCUT2D eigenvalue weighted by molar-refractivity contribution is 5.89. The summed E-state index contributed by atoms with van der Waals surface area (Å²) in [4.78, 5) is 11.6. The second-order valence-corrected chi connectivity index (χ2v) is 6.07. The summed E-state index contributed by atoms with van der Waals surface area (Å²) in [6.45, 7) is 1.93. The number of esters is 1. The quantitative estimate of drug-likeness (QED) is 0.524. The van der Waals surface area contributed by atoms with Crippen molar-refractivity contribution < 1.29 is 31.8 Å². The first-order chi connectivity index (χ1) is 12.3. The van der Waals surface area contributed by atoms with Crippen LogP contribution < -0.4 is 4.74 Å². The lowest BCUT2D eigenvalue weighted by molar-refractivity contribution is -0.160. The molecule has 138 valence electrons. The van der Waals surface area contributed by atoms with E-state index in [0.717, 1.165) is 6.07 Å². The van der Waals surface area contributed by atoms with E-state index in [-0.39, 0.29) is 36.5 Å². The van der Waals surface area contributed by atoms with Crippen molar-refractivity contribution in [2.75, 3.05) is 6.61 Å². The Morgan fingerprint density at radius 1 is 1.12 bits per heavy atom. The van der Waals surface area contributed by atoms with Crippen LogP contribution in [0, 0.1) is 5.82 Å². The molecule has 7 heteroatoms. The Labute approximate surface area is 147 Å². The Kier molecular flexibility index (Phi) is 4.64. The molecule has 0 bridgehead atoms. The van der Waals surface area contributed by atoms with Crippen molar-refractivity contribution in [3.63, 3.8) is 0 Å². The first kappa shape index (κ1) is 18.2. The lowest BCUT2D eigenvalue weighted by Gasteiger charge is -2.20. The number of alkyl halides is 3. The predicted molar refractivity (Wildman–Crippen MR) is 85.8 cm³/mol. The Hall–Kier alpha value is -2.57. The third kappa shape index (κ3) is 3.38. The minimum Gasteiger partial charge on any atom is -0.462 e. The molecule has 1 fully saturated rings. The number of carbonyl (C=O) groups is 1. The summed E-state index contributed by atoms with van der Waals surface area (Å²) in [5.74, 6) is -1.29. The summed E-state index contributed by atoms with van der Waals surface area (Å²) >= 11 is 0. The van der Waals surface area contributed by atoms with Gasteiger partial charge in [-0.15, -0.1) is 0 Å². The number of benzene rings is 2. The minimum atomic E-state index is -4.40. The van der Waals surface area contributed by atoms with Gasteiger partial charge >= 0.3 is 12.1 Å². The van der Waals surface area contributed by atoms with E-state index in [1.165, 1.54) is 36.4 Å². The molecule has 0 aromatic heterocycles. The molecule has 0 saturated heterocycles. The molecule has 0 aliphatic heterocycles. The van der Waals surface area contributed by atoms with Crippen LogP contribution in [0.15, 0.2) is 42.5 Å². The molecule has 2 aromatic carbocycles. The zero-order valence-electron chi connectivity index (χ0n) is 13.9. The largest absolute Gasteiger partial charge is 0.462 e. The van der Waals surface area contributed by atoms with E-state index in [4.69, 9.17) is 9.47 Å². The fourth-order valence-corrected chi connectivity index (χ4v) is 2.74. The molecule has 1 aliphatic rings. The lowest BCUT2D eigenvalue weighted by atomic mass is 9.95. The van der Waals surface area contributed by atoms with Crippen LogP contribution in [-0.2, 0) is 10.2 Å². The second kappa shape index (κ2) is 6.63. The number of halogens is 4. The van der Waals surface area contributed by atoms with Gasteiger partial charge in [0.1, 0.15) is 5.75 Å². The zero-order valence-corrected chi connectivity index (χ0v) is 13.9. The normalized spacial score (nSPS) is 15.4. The van der Waals surface area contributed by atoms with Gasteiger partial charge in [-0.25, -0.2) is 9.18 Å². The standard InChI is InChI=1S/C19H16F4O3/c1-2-25-17(24)12-3-6-14(7-4-12)26-16-8-5-13(11-15(16)20)18(9-10-18)19(21,22)23/h3-8,11H,2,9-10H2,1H3. The summed E-state index contributed by atoms with van der Waals surface area (Å²) in [6, 6.07) is 9.14. The van der Waals surface area contributed by atoms with Gasteiger partial charge in [-0.2, -0.15) is 13.2 Å². The molecule has 2 aromatic rings. The molecule has 0 radical (unpaired) electrons. The first-order valence-corrected chi connectivity index (χ1v) is 8.08. The van der Waals surface area contributed by atoms with E-state index >= 15 is 0 Å². The third-order valence-electron chi connectivity index (χ3n) is 4.37. The van der Waals surface area contributed by atoms with Crippen molar-refractivity contribution in [3.05, 3.63) is 59.4 Å². The summed E-state index contributed by atoms with van der Waals surface area (Å²) in [6.07, 6.45) is -4.47. The topological polar surface area (TPSA) is 35.5 Å². The molecular formula is C19H16F4O3. The van der Waals surface area contributed by atoms with Crippen molar-refractivity contribution in [1.82, 2.24) is 0 Å². The molecule has 0 unspecified atom stereocenters. The smallest absolute Gasteiger partial charge is 0.398 e. The van der Waals surface area contributed by atoms with Gasteiger partial charge in [-0.05, 0) is 61.7 Å². The van der Waals surface area contributed by atoms with Gasteiger partial charge in [0.15, 0.2) is 11.6 Å². The first-order valence-electron chi connectivity index (χ1n) is 8.08. The number of ether oxygens (including phenoxy) is 2. The van der Waals surface area contributed by atoms with Gasteiger partial charge in [-0.3, -0.25) is 0 Å². The highest BCUT2D eigenvalue weighted by Crippen LogP contribution is 2.59. The Morgan fingerprint density at radius 3 is 2.27 bits per heavy atom.